The number of rotatable bonds is 4. The van der Waals surface area contributed by atoms with Crippen molar-refractivity contribution in [3.8, 4) is 0 Å². The fourth-order valence-corrected chi connectivity index (χ4v) is 4.35. The molecular formula is C21H30ClN3O2. The number of piperidine rings is 1. The highest BCUT2D eigenvalue weighted by Crippen LogP contribution is 2.31. The van der Waals surface area contributed by atoms with Crippen molar-refractivity contribution in [3.63, 3.8) is 0 Å². The Kier molecular flexibility index (Phi) is 6.77. The van der Waals surface area contributed by atoms with Crippen LogP contribution in [-0.2, 0) is 9.59 Å². The lowest BCUT2D eigenvalue weighted by Gasteiger charge is -2.41. The van der Waals surface area contributed by atoms with Crippen LogP contribution >= 0.6 is 11.6 Å². The summed E-state index contributed by atoms with van der Waals surface area (Å²) in [4.78, 5) is 29.8. The number of halogens is 1. The van der Waals surface area contributed by atoms with Crippen LogP contribution in [0, 0.1) is 11.8 Å². The number of hydrogen-bond donors (Lipinski definition) is 1. The first-order valence-corrected chi connectivity index (χ1v) is 10.4. The maximum Gasteiger partial charge on any atom is 0.228 e. The maximum absolute atomic E-state index is 13.4. The number of piperazine rings is 1. The molecule has 2 fully saturated rings. The van der Waals surface area contributed by atoms with Crippen molar-refractivity contribution in [3.05, 3.63) is 34.9 Å². The van der Waals surface area contributed by atoms with Gasteiger partial charge in [-0.25, -0.2) is 0 Å². The summed E-state index contributed by atoms with van der Waals surface area (Å²) in [6, 6.07) is 7.70. The summed E-state index contributed by atoms with van der Waals surface area (Å²) in [5.74, 6) is 0.241. The van der Waals surface area contributed by atoms with Gasteiger partial charge < -0.3 is 15.1 Å². The van der Waals surface area contributed by atoms with Gasteiger partial charge in [-0.2, -0.15) is 0 Å². The van der Waals surface area contributed by atoms with Crippen molar-refractivity contribution >= 4 is 23.4 Å². The number of hydrogen-bond acceptors (Lipinski definition) is 3. The molecule has 0 saturated carbocycles. The van der Waals surface area contributed by atoms with Crippen LogP contribution in [0.3, 0.4) is 0 Å². The Hall–Kier alpha value is -1.59. The molecule has 0 radical (unpaired) electrons. The van der Waals surface area contributed by atoms with Gasteiger partial charge in [0.15, 0.2) is 0 Å². The SMILES string of the molecule is CCC(C)C(=O)N1CCCC(C(=O)N2CCNCC2c2ccccc2Cl)C1. The maximum atomic E-state index is 13.4. The standard InChI is InChI=1S/C21H30ClN3O2/c1-3-15(2)20(26)24-11-6-7-16(14-24)21(27)25-12-10-23-13-19(25)17-8-4-5-9-18(17)22/h4-5,8-9,15-16,19,23H,3,6-7,10-14H2,1-2H3. The summed E-state index contributed by atoms with van der Waals surface area (Å²) in [7, 11) is 0. The molecule has 148 valence electrons. The highest BCUT2D eigenvalue weighted by molar-refractivity contribution is 6.31. The summed E-state index contributed by atoms with van der Waals surface area (Å²) >= 11 is 6.41. The van der Waals surface area contributed by atoms with Gasteiger partial charge in [0.1, 0.15) is 0 Å². The number of likely N-dealkylation sites (tertiary alicyclic amines) is 1. The van der Waals surface area contributed by atoms with Crippen LogP contribution in [0.4, 0.5) is 0 Å². The second kappa shape index (κ2) is 9.07. The lowest BCUT2D eigenvalue weighted by Crippen LogP contribution is -2.53. The van der Waals surface area contributed by atoms with Gasteiger partial charge in [0.25, 0.3) is 0 Å². The quantitative estimate of drug-likeness (QED) is 0.858. The normalized spacial score (nSPS) is 24.6. The molecule has 1 aromatic rings. The summed E-state index contributed by atoms with van der Waals surface area (Å²) in [5.41, 5.74) is 0.989. The van der Waals surface area contributed by atoms with E-state index in [1.54, 1.807) is 0 Å². The zero-order chi connectivity index (χ0) is 19.4. The zero-order valence-corrected chi connectivity index (χ0v) is 17.0. The van der Waals surface area contributed by atoms with E-state index in [0.29, 0.717) is 24.7 Å². The first-order valence-electron chi connectivity index (χ1n) is 10.1. The van der Waals surface area contributed by atoms with E-state index in [-0.39, 0.29) is 29.7 Å². The topological polar surface area (TPSA) is 52.7 Å². The molecule has 2 aliphatic heterocycles. The van der Waals surface area contributed by atoms with Crippen LogP contribution in [0.15, 0.2) is 24.3 Å². The highest BCUT2D eigenvalue weighted by Gasteiger charge is 2.36. The highest BCUT2D eigenvalue weighted by atomic mass is 35.5. The predicted octanol–water partition coefficient (Wildman–Crippen LogP) is 3.10. The lowest BCUT2D eigenvalue weighted by molar-refractivity contribution is -0.144. The largest absolute Gasteiger partial charge is 0.342 e. The van der Waals surface area contributed by atoms with E-state index in [0.717, 1.165) is 37.9 Å². The minimum atomic E-state index is -0.116. The molecule has 2 heterocycles. The van der Waals surface area contributed by atoms with E-state index in [1.807, 2.05) is 47.9 Å². The number of carbonyl (C=O) groups excluding carboxylic acids is 2. The molecule has 2 saturated heterocycles. The monoisotopic (exact) mass is 391 g/mol. The number of nitrogens with zero attached hydrogens (tertiary/aromatic N) is 2. The Morgan fingerprint density at radius 1 is 1.30 bits per heavy atom. The molecule has 0 spiro atoms. The average Bonchev–Trinajstić information content (AvgIpc) is 2.72. The molecule has 2 aliphatic rings. The average molecular weight is 392 g/mol. The molecule has 6 heteroatoms. The van der Waals surface area contributed by atoms with E-state index < -0.39 is 0 Å². The van der Waals surface area contributed by atoms with Gasteiger partial charge >= 0.3 is 0 Å². The van der Waals surface area contributed by atoms with Crippen LogP contribution in [-0.4, -0.2) is 54.3 Å². The van der Waals surface area contributed by atoms with Crippen molar-refractivity contribution < 1.29 is 9.59 Å². The molecule has 3 rings (SSSR count). The summed E-state index contributed by atoms with van der Waals surface area (Å²) in [6.07, 6.45) is 2.57. The molecule has 27 heavy (non-hydrogen) atoms. The van der Waals surface area contributed by atoms with Crippen molar-refractivity contribution in [1.82, 2.24) is 15.1 Å². The van der Waals surface area contributed by atoms with Crippen LogP contribution in [0.1, 0.15) is 44.7 Å². The number of benzene rings is 1. The minimum Gasteiger partial charge on any atom is -0.342 e. The Morgan fingerprint density at radius 2 is 2.07 bits per heavy atom. The molecular weight excluding hydrogens is 362 g/mol. The fourth-order valence-electron chi connectivity index (χ4n) is 4.09. The molecule has 3 unspecified atom stereocenters. The van der Waals surface area contributed by atoms with E-state index in [1.165, 1.54) is 0 Å². The Balaban J connectivity index is 1.74. The van der Waals surface area contributed by atoms with Crippen LogP contribution < -0.4 is 5.32 Å². The minimum absolute atomic E-state index is 0.0221. The summed E-state index contributed by atoms with van der Waals surface area (Å²) < 4.78 is 0. The van der Waals surface area contributed by atoms with Gasteiger partial charge in [-0.15, -0.1) is 0 Å². The van der Waals surface area contributed by atoms with Crippen molar-refractivity contribution in [2.75, 3.05) is 32.7 Å². The first kappa shape index (κ1) is 20.2. The molecule has 0 aliphatic carbocycles. The molecule has 1 N–H and O–H groups in total. The smallest absolute Gasteiger partial charge is 0.228 e. The zero-order valence-electron chi connectivity index (χ0n) is 16.3. The molecule has 0 aromatic heterocycles. The van der Waals surface area contributed by atoms with E-state index in [9.17, 15) is 9.59 Å². The van der Waals surface area contributed by atoms with Gasteiger partial charge in [-0.05, 0) is 30.9 Å². The van der Waals surface area contributed by atoms with Gasteiger partial charge in [-0.3, -0.25) is 9.59 Å². The molecule has 5 nitrogen and oxygen atoms in total. The molecule has 0 bridgehead atoms. The van der Waals surface area contributed by atoms with Crippen LogP contribution in [0.2, 0.25) is 5.02 Å². The van der Waals surface area contributed by atoms with Gasteiger partial charge in [0.2, 0.25) is 11.8 Å². The van der Waals surface area contributed by atoms with Gasteiger partial charge in [-0.1, -0.05) is 43.6 Å². The Bertz CT molecular complexity index is 681. The van der Waals surface area contributed by atoms with E-state index in [2.05, 4.69) is 5.32 Å². The van der Waals surface area contributed by atoms with Gasteiger partial charge in [0.05, 0.1) is 12.0 Å². The summed E-state index contributed by atoms with van der Waals surface area (Å²) in [6.45, 7) is 7.47. The van der Waals surface area contributed by atoms with Crippen LogP contribution in [0.5, 0.6) is 0 Å². The third kappa shape index (κ3) is 4.46. The first-order chi connectivity index (χ1) is 13.0. The van der Waals surface area contributed by atoms with E-state index in [4.69, 9.17) is 11.6 Å². The number of amides is 2. The molecule has 3 atom stereocenters. The third-order valence-corrected chi connectivity index (χ3v) is 6.25. The van der Waals surface area contributed by atoms with E-state index >= 15 is 0 Å². The third-order valence-electron chi connectivity index (χ3n) is 5.91. The second-order valence-electron chi connectivity index (χ2n) is 7.71. The Labute approximate surface area is 167 Å². The molecule has 1 aromatic carbocycles. The van der Waals surface area contributed by atoms with Crippen molar-refractivity contribution in [1.29, 1.82) is 0 Å². The lowest BCUT2D eigenvalue weighted by atomic mass is 9.93. The molecule has 2 amide bonds. The summed E-state index contributed by atoms with van der Waals surface area (Å²) in [5, 5.41) is 4.08. The number of carbonyl (C=O) groups is 2. The fraction of sp³-hybridized carbons (Fsp3) is 0.619. The predicted molar refractivity (Wildman–Crippen MR) is 108 cm³/mol. The van der Waals surface area contributed by atoms with Crippen molar-refractivity contribution in [2.45, 2.75) is 39.2 Å². The van der Waals surface area contributed by atoms with Crippen molar-refractivity contribution in [2.24, 2.45) is 11.8 Å². The second-order valence-corrected chi connectivity index (χ2v) is 8.11. The van der Waals surface area contributed by atoms with Gasteiger partial charge in [0, 0.05) is 43.7 Å². The number of nitrogens with one attached hydrogen (secondary N) is 1. The van der Waals surface area contributed by atoms with Crippen LogP contribution in [0.25, 0.3) is 0 Å². The Morgan fingerprint density at radius 3 is 2.81 bits per heavy atom.